The van der Waals surface area contributed by atoms with Crippen LogP contribution in [-0.2, 0) is 21.5 Å². The highest BCUT2D eigenvalue weighted by Gasteiger charge is 2.37. The van der Waals surface area contributed by atoms with Gasteiger partial charge in [0, 0.05) is 66.4 Å². The summed E-state index contributed by atoms with van der Waals surface area (Å²) in [6, 6.07) is 24.8. The fourth-order valence-corrected chi connectivity index (χ4v) is 7.36. The van der Waals surface area contributed by atoms with Crippen LogP contribution in [0, 0.1) is 0 Å². The van der Waals surface area contributed by atoms with E-state index >= 15 is 0 Å². The monoisotopic (exact) mass is 642 g/mol. The van der Waals surface area contributed by atoms with Crippen LogP contribution < -0.4 is 14.5 Å². The summed E-state index contributed by atoms with van der Waals surface area (Å²) in [4.78, 5) is 21.7. The van der Waals surface area contributed by atoms with Crippen molar-refractivity contribution in [2.45, 2.75) is 51.5 Å². The predicted octanol–water partition coefficient (Wildman–Crippen LogP) is 6.28. The number of ether oxygens (including phenoxy) is 2. The van der Waals surface area contributed by atoms with Gasteiger partial charge in [-0.05, 0) is 67.2 Å². The van der Waals surface area contributed by atoms with Gasteiger partial charge in [0.2, 0.25) is 12.3 Å². The minimum Gasteiger partial charge on any atom is -0.494 e. The number of anilines is 2. The molecule has 9 heteroatoms. The maximum absolute atomic E-state index is 13.3. The Balaban J connectivity index is 0.979. The van der Waals surface area contributed by atoms with Crippen LogP contribution in [0.25, 0.3) is 10.1 Å². The van der Waals surface area contributed by atoms with Gasteiger partial charge < -0.3 is 19.5 Å². The molecular formula is C37H46N4O4S. The van der Waals surface area contributed by atoms with Gasteiger partial charge in [-0.2, -0.15) is 0 Å². The number of thiophene rings is 1. The molecule has 1 N–H and O–H groups in total. The fourth-order valence-electron chi connectivity index (χ4n) is 6.55. The van der Waals surface area contributed by atoms with Gasteiger partial charge in [0.05, 0.1) is 12.3 Å². The highest BCUT2D eigenvalue weighted by Crippen LogP contribution is 2.42. The van der Waals surface area contributed by atoms with Gasteiger partial charge in [-0.15, -0.1) is 11.3 Å². The summed E-state index contributed by atoms with van der Waals surface area (Å²) in [5, 5.41) is 14.2. The number of amides is 1. The molecule has 0 bridgehead atoms. The number of carbonyl (C=O) groups is 1. The van der Waals surface area contributed by atoms with E-state index in [1.54, 1.807) is 16.8 Å². The van der Waals surface area contributed by atoms with Crippen molar-refractivity contribution in [3.05, 3.63) is 89.3 Å². The number of benzene rings is 3. The topological polar surface area (TPSA) is 68.7 Å². The molecule has 3 heterocycles. The molecule has 6 rings (SSSR count). The van der Waals surface area contributed by atoms with Gasteiger partial charge in [0.15, 0.2) is 0 Å². The van der Waals surface area contributed by atoms with Gasteiger partial charge in [-0.25, -0.2) is 0 Å². The van der Waals surface area contributed by atoms with Crippen molar-refractivity contribution < 1.29 is 19.4 Å². The Kier molecular flexibility index (Phi) is 10.3. The van der Waals surface area contributed by atoms with Gasteiger partial charge in [-0.3, -0.25) is 19.5 Å². The van der Waals surface area contributed by atoms with Gasteiger partial charge in [0.1, 0.15) is 12.5 Å². The van der Waals surface area contributed by atoms with Gasteiger partial charge >= 0.3 is 0 Å². The largest absolute Gasteiger partial charge is 0.494 e. The van der Waals surface area contributed by atoms with E-state index in [2.05, 4.69) is 59.4 Å². The molecule has 244 valence electrons. The number of piperazine rings is 1. The SMILES string of the molecule is CN(Cc1ccccc1)C(O)OCN1C(=O)CC(C)(C)c2ccc(OCCCCN3CCN(c4cccc5sccc45)CC3)cc21. The van der Waals surface area contributed by atoms with Crippen molar-refractivity contribution >= 4 is 38.7 Å². The summed E-state index contributed by atoms with van der Waals surface area (Å²) in [5.41, 5.74) is 3.99. The average Bonchev–Trinajstić information content (AvgIpc) is 3.54. The first-order chi connectivity index (χ1) is 22.3. The zero-order chi connectivity index (χ0) is 32.1. The van der Waals surface area contributed by atoms with Crippen LogP contribution in [0.15, 0.2) is 78.2 Å². The quantitative estimate of drug-likeness (QED) is 0.136. The van der Waals surface area contributed by atoms with Gasteiger partial charge in [-0.1, -0.05) is 56.3 Å². The number of fused-ring (bicyclic) bond motifs is 2. The summed E-state index contributed by atoms with van der Waals surface area (Å²) in [7, 11) is 1.80. The number of hydrogen-bond acceptors (Lipinski definition) is 8. The Morgan fingerprint density at radius 2 is 1.76 bits per heavy atom. The lowest BCUT2D eigenvalue weighted by Crippen LogP contribution is -2.46. The van der Waals surface area contributed by atoms with Crippen LogP contribution in [0.5, 0.6) is 5.75 Å². The van der Waals surface area contributed by atoms with Crippen molar-refractivity contribution in [2.75, 3.05) is 62.9 Å². The average molecular weight is 643 g/mol. The summed E-state index contributed by atoms with van der Waals surface area (Å²) in [5.74, 6) is 0.715. The number of unbranched alkanes of at least 4 members (excludes halogenated alkanes) is 1. The number of hydrogen-bond donors (Lipinski definition) is 1. The third kappa shape index (κ3) is 7.56. The van der Waals surface area contributed by atoms with Crippen LogP contribution in [0.3, 0.4) is 0 Å². The van der Waals surface area contributed by atoms with Crippen molar-refractivity contribution in [3.8, 4) is 5.75 Å². The normalized spacial score (nSPS) is 17.5. The zero-order valence-electron chi connectivity index (χ0n) is 27.2. The first kappa shape index (κ1) is 32.5. The molecule has 46 heavy (non-hydrogen) atoms. The third-order valence-corrected chi connectivity index (χ3v) is 10.1. The van der Waals surface area contributed by atoms with E-state index in [1.807, 2.05) is 53.8 Å². The van der Waals surface area contributed by atoms with E-state index in [1.165, 1.54) is 15.8 Å². The van der Waals surface area contributed by atoms with Gasteiger partial charge in [0.25, 0.3) is 0 Å². The molecule has 0 spiro atoms. The number of rotatable bonds is 13. The molecule has 1 fully saturated rings. The van der Waals surface area contributed by atoms with Crippen LogP contribution in [-0.4, -0.2) is 80.3 Å². The molecule has 1 saturated heterocycles. The number of carbonyl (C=O) groups excluding carboxylic acids is 1. The van der Waals surface area contributed by atoms with Crippen molar-refractivity contribution in [1.29, 1.82) is 0 Å². The second-order valence-corrected chi connectivity index (χ2v) is 14.0. The molecule has 1 atom stereocenters. The smallest absolute Gasteiger partial charge is 0.229 e. The molecule has 0 aliphatic carbocycles. The maximum Gasteiger partial charge on any atom is 0.229 e. The van der Waals surface area contributed by atoms with Crippen molar-refractivity contribution in [3.63, 3.8) is 0 Å². The standard InChI is InChI=1S/C37H46N4O4S/c1-37(2)25-35(42)41(27-45-36(43)38(3)26-28-10-5-4-6-11-28)33-24-29(14-15-31(33)37)44-22-8-7-17-39-18-20-40(21-19-39)32-12-9-13-34-30(32)16-23-46-34/h4-6,9-16,23-24,36,43H,7-8,17-22,25-27H2,1-3H3. The second-order valence-electron chi connectivity index (χ2n) is 13.1. The molecule has 3 aromatic carbocycles. The lowest BCUT2D eigenvalue weighted by Gasteiger charge is -2.39. The van der Waals surface area contributed by atoms with Crippen molar-refractivity contribution in [2.24, 2.45) is 0 Å². The van der Waals surface area contributed by atoms with Crippen LogP contribution in [0.4, 0.5) is 11.4 Å². The third-order valence-electron chi connectivity index (χ3n) is 9.21. The first-order valence-electron chi connectivity index (χ1n) is 16.3. The number of nitrogens with zero attached hydrogens (tertiary/aromatic N) is 4. The minimum atomic E-state index is -1.15. The molecular weight excluding hydrogens is 596 g/mol. The highest BCUT2D eigenvalue weighted by molar-refractivity contribution is 7.17. The molecule has 2 aliphatic heterocycles. The molecule has 0 saturated carbocycles. The molecule has 4 aromatic rings. The number of aliphatic hydroxyl groups excluding tert-OH is 1. The predicted molar refractivity (Wildman–Crippen MR) is 187 cm³/mol. The van der Waals surface area contributed by atoms with Crippen LogP contribution >= 0.6 is 11.3 Å². The summed E-state index contributed by atoms with van der Waals surface area (Å²) < 4.78 is 13.4. The Hall–Kier alpha value is -3.47. The Morgan fingerprint density at radius 3 is 2.57 bits per heavy atom. The lowest BCUT2D eigenvalue weighted by molar-refractivity contribution is -0.188. The van der Waals surface area contributed by atoms with E-state index in [9.17, 15) is 9.90 Å². The molecule has 1 aromatic heterocycles. The number of aliphatic hydroxyl groups is 1. The van der Waals surface area contributed by atoms with E-state index in [4.69, 9.17) is 9.47 Å². The van der Waals surface area contributed by atoms with E-state index in [-0.39, 0.29) is 18.1 Å². The fraction of sp³-hybridized carbons (Fsp3) is 0.432. The van der Waals surface area contributed by atoms with E-state index in [0.29, 0.717) is 19.6 Å². The summed E-state index contributed by atoms with van der Waals surface area (Å²) >= 11 is 1.81. The lowest BCUT2D eigenvalue weighted by atomic mass is 9.77. The van der Waals surface area contributed by atoms with Crippen LogP contribution in [0.1, 0.15) is 44.2 Å². The molecule has 0 radical (unpaired) electrons. The zero-order valence-corrected chi connectivity index (χ0v) is 28.0. The molecule has 2 aliphatic rings. The summed E-state index contributed by atoms with van der Waals surface area (Å²) in [6.07, 6.45) is 1.26. The molecule has 1 unspecified atom stereocenters. The van der Waals surface area contributed by atoms with E-state index in [0.717, 1.165) is 68.1 Å². The van der Waals surface area contributed by atoms with E-state index < -0.39 is 6.41 Å². The minimum absolute atomic E-state index is 0.0281. The summed E-state index contributed by atoms with van der Waals surface area (Å²) in [6.45, 7) is 10.6. The highest BCUT2D eigenvalue weighted by atomic mass is 32.1. The Morgan fingerprint density at radius 1 is 0.957 bits per heavy atom. The Bertz CT molecular complexity index is 1600. The second kappa shape index (κ2) is 14.5. The Labute approximate surface area is 276 Å². The van der Waals surface area contributed by atoms with Crippen LogP contribution in [0.2, 0.25) is 0 Å². The van der Waals surface area contributed by atoms with Crippen molar-refractivity contribution in [1.82, 2.24) is 9.80 Å². The molecule has 1 amide bonds. The first-order valence-corrected chi connectivity index (χ1v) is 17.2. The maximum atomic E-state index is 13.3. The molecule has 8 nitrogen and oxygen atoms in total.